The third-order valence-corrected chi connectivity index (χ3v) is 6.46. The second-order valence-electron chi connectivity index (χ2n) is 7.64. The lowest BCUT2D eigenvalue weighted by Gasteiger charge is -2.17. The summed E-state index contributed by atoms with van der Waals surface area (Å²) in [5.41, 5.74) is 2.71. The second-order valence-corrected chi connectivity index (χ2v) is 9.63. The van der Waals surface area contributed by atoms with Gasteiger partial charge in [0.1, 0.15) is 6.10 Å². The Morgan fingerprint density at radius 1 is 1.19 bits per heavy atom. The van der Waals surface area contributed by atoms with E-state index in [1.807, 2.05) is 24.3 Å². The van der Waals surface area contributed by atoms with Crippen molar-refractivity contribution in [2.75, 3.05) is 13.3 Å². The van der Waals surface area contributed by atoms with Crippen molar-refractivity contribution < 1.29 is 13.2 Å². The topological polar surface area (TPSA) is 92.7 Å². The predicted molar refractivity (Wildman–Crippen MR) is 134 cm³/mol. The first-order chi connectivity index (χ1) is 14.4. The van der Waals surface area contributed by atoms with Crippen LogP contribution >= 0.6 is 24.0 Å². The molecule has 1 saturated carbocycles. The maximum atomic E-state index is 11.8. The van der Waals surface area contributed by atoms with E-state index in [0.29, 0.717) is 29.8 Å². The fourth-order valence-corrected chi connectivity index (χ4v) is 4.61. The van der Waals surface area contributed by atoms with Gasteiger partial charge in [0.2, 0.25) is 5.88 Å². The fourth-order valence-electron chi connectivity index (χ4n) is 3.65. The monoisotopic (exact) mass is 558 g/mol. The summed E-state index contributed by atoms with van der Waals surface area (Å²) in [5.74, 6) is 1.33. The third kappa shape index (κ3) is 7.34. The molecular formula is C22H31IN4O3S. The number of rotatable bonds is 7. The molecule has 9 heteroatoms. The van der Waals surface area contributed by atoms with Crippen molar-refractivity contribution in [3.05, 3.63) is 53.2 Å². The van der Waals surface area contributed by atoms with Gasteiger partial charge in [-0.05, 0) is 55.9 Å². The number of sulfone groups is 1. The molecular weight excluding hydrogens is 527 g/mol. The van der Waals surface area contributed by atoms with E-state index in [1.165, 1.54) is 19.1 Å². The molecule has 0 saturated heterocycles. The highest BCUT2D eigenvalue weighted by molar-refractivity contribution is 14.0. The molecule has 0 spiro atoms. The van der Waals surface area contributed by atoms with E-state index in [2.05, 4.69) is 20.6 Å². The van der Waals surface area contributed by atoms with Gasteiger partial charge in [-0.15, -0.1) is 24.0 Å². The van der Waals surface area contributed by atoms with Crippen LogP contribution in [0.5, 0.6) is 5.88 Å². The molecule has 3 rings (SSSR count). The van der Waals surface area contributed by atoms with Crippen LogP contribution < -0.4 is 15.4 Å². The van der Waals surface area contributed by atoms with Crippen LogP contribution in [-0.2, 0) is 22.9 Å². The third-order valence-electron chi connectivity index (χ3n) is 5.20. The molecule has 0 amide bonds. The molecule has 2 N–H and O–H groups in total. The number of pyridine rings is 1. The number of hydrogen-bond acceptors (Lipinski definition) is 5. The minimum atomic E-state index is -3.21. The fraction of sp³-hybridized carbons (Fsp3) is 0.455. The van der Waals surface area contributed by atoms with Crippen LogP contribution in [0.1, 0.15) is 42.4 Å². The minimum Gasteiger partial charge on any atom is -0.474 e. The number of ether oxygens (including phenoxy) is 1. The van der Waals surface area contributed by atoms with Crippen molar-refractivity contribution in [1.82, 2.24) is 15.6 Å². The SMILES string of the molecule is CN=C(NCc1ccc(S(C)(=O)=O)c(C)c1)NCc1cccnc1OC1CCCC1.I. The van der Waals surface area contributed by atoms with E-state index in [-0.39, 0.29) is 30.1 Å². The summed E-state index contributed by atoms with van der Waals surface area (Å²) in [7, 11) is -1.50. The van der Waals surface area contributed by atoms with Gasteiger partial charge < -0.3 is 15.4 Å². The smallest absolute Gasteiger partial charge is 0.218 e. The summed E-state index contributed by atoms with van der Waals surface area (Å²) < 4.78 is 29.6. The van der Waals surface area contributed by atoms with E-state index >= 15 is 0 Å². The Labute approximate surface area is 202 Å². The van der Waals surface area contributed by atoms with Crippen LogP contribution in [0, 0.1) is 6.92 Å². The first-order valence-electron chi connectivity index (χ1n) is 10.2. The molecule has 7 nitrogen and oxygen atoms in total. The summed E-state index contributed by atoms with van der Waals surface area (Å²) in [5, 5.41) is 6.56. The maximum absolute atomic E-state index is 11.8. The van der Waals surface area contributed by atoms with Crippen molar-refractivity contribution in [2.45, 2.75) is 56.7 Å². The van der Waals surface area contributed by atoms with Crippen LogP contribution in [-0.4, -0.2) is 38.8 Å². The van der Waals surface area contributed by atoms with Gasteiger partial charge >= 0.3 is 0 Å². The van der Waals surface area contributed by atoms with Crippen LogP contribution in [0.25, 0.3) is 0 Å². The largest absolute Gasteiger partial charge is 0.474 e. The Balaban J connectivity index is 0.00000341. The van der Waals surface area contributed by atoms with Crippen molar-refractivity contribution in [3.63, 3.8) is 0 Å². The summed E-state index contributed by atoms with van der Waals surface area (Å²) in [6.45, 7) is 2.88. The van der Waals surface area contributed by atoms with Crippen molar-refractivity contribution in [2.24, 2.45) is 4.99 Å². The Hall–Kier alpha value is -1.88. The minimum absolute atomic E-state index is 0. The van der Waals surface area contributed by atoms with E-state index in [9.17, 15) is 8.42 Å². The molecule has 0 bridgehead atoms. The summed E-state index contributed by atoms with van der Waals surface area (Å²) in [6, 6.07) is 9.26. The quantitative estimate of drug-likeness (QED) is 0.307. The van der Waals surface area contributed by atoms with E-state index in [0.717, 1.165) is 29.5 Å². The van der Waals surface area contributed by atoms with Crippen LogP contribution in [0.4, 0.5) is 0 Å². The van der Waals surface area contributed by atoms with Gasteiger partial charge in [-0.2, -0.15) is 0 Å². The normalized spacial score (nSPS) is 14.7. The molecule has 0 unspecified atom stereocenters. The number of aromatic nitrogens is 1. The number of nitrogens with one attached hydrogen (secondary N) is 2. The zero-order valence-corrected chi connectivity index (χ0v) is 21.4. The number of hydrogen-bond donors (Lipinski definition) is 2. The molecule has 1 aromatic heterocycles. The lowest BCUT2D eigenvalue weighted by atomic mass is 10.1. The Bertz CT molecular complexity index is 1010. The molecule has 1 heterocycles. The lowest BCUT2D eigenvalue weighted by Crippen LogP contribution is -2.36. The highest BCUT2D eigenvalue weighted by Gasteiger charge is 2.18. The number of benzene rings is 1. The van der Waals surface area contributed by atoms with Gasteiger partial charge in [0.05, 0.1) is 4.90 Å². The molecule has 0 aliphatic heterocycles. The summed E-state index contributed by atoms with van der Waals surface area (Å²) in [4.78, 5) is 9.03. The zero-order valence-electron chi connectivity index (χ0n) is 18.2. The van der Waals surface area contributed by atoms with Gasteiger partial charge in [-0.3, -0.25) is 4.99 Å². The molecule has 1 fully saturated rings. The molecule has 170 valence electrons. The van der Waals surface area contributed by atoms with Crippen molar-refractivity contribution in [1.29, 1.82) is 0 Å². The standard InChI is InChI=1S/C22H30N4O3S.HI/c1-16-13-17(10-11-20(16)30(3,27)28)14-25-22(23-2)26-15-18-7-6-12-24-21(18)29-19-8-4-5-9-19;/h6-7,10-13,19H,4-5,8-9,14-15H2,1-3H3,(H2,23,25,26);1H. The van der Waals surface area contributed by atoms with Gasteiger partial charge in [0.25, 0.3) is 0 Å². The molecule has 2 aromatic rings. The lowest BCUT2D eigenvalue weighted by molar-refractivity contribution is 0.199. The van der Waals surface area contributed by atoms with Crippen molar-refractivity contribution in [3.8, 4) is 5.88 Å². The first kappa shape index (κ1) is 25.4. The Morgan fingerprint density at radius 2 is 1.90 bits per heavy atom. The first-order valence-corrected chi connectivity index (χ1v) is 12.1. The summed E-state index contributed by atoms with van der Waals surface area (Å²) in [6.07, 6.45) is 7.84. The van der Waals surface area contributed by atoms with E-state index in [1.54, 1.807) is 26.2 Å². The van der Waals surface area contributed by atoms with Crippen LogP contribution in [0.2, 0.25) is 0 Å². The molecule has 0 radical (unpaired) electrons. The van der Waals surface area contributed by atoms with Gasteiger partial charge in [-0.25, -0.2) is 13.4 Å². The number of aryl methyl sites for hydroxylation is 1. The number of halogens is 1. The summed E-state index contributed by atoms with van der Waals surface area (Å²) >= 11 is 0. The van der Waals surface area contributed by atoms with E-state index in [4.69, 9.17) is 4.74 Å². The number of nitrogens with zero attached hydrogens (tertiary/aromatic N) is 2. The number of guanidine groups is 1. The highest BCUT2D eigenvalue weighted by atomic mass is 127. The maximum Gasteiger partial charge on any atom is 0.218 e. The Kier molecular flexibility index (Phi) is 9.54. The molecule has 0 atom stereocenters. The molecule has 1 aliphatic rings. The van der Waals surface area contributed by atoms with E-state index < -0.39 is 9.84 Å². The van der Waals surface area contributed by atoms with Gasteiger partial charge in [0, 0.05) is 38.2 Å². The average molecular weight is 558 g/mol. The predicted octanol–water partition coefficient (Wildman–Crippen LogP) is 3.60. The molecule has 1 aliphatic carbocycles. The number of aliphatic imine (C=N–C) groups is 1. The van der Waals surface area contributed by atoms with Crippen LogP contribution in [0.3, 0.4) is 0 Å². The molecule has 31 heavy (non-hydrogen) atoms. The van der Waals surface area contributed by atoms with Crippen LogP contribution in [0.15, 0.2) is 46.4 Å². The van der Waals surface area contributed by atoms with Gasteiger partial charge in [-0.1, -0.05) is 18.2 Å². The highest BCUT2D eigenvalue weighted by Crippen LogP contribution is 2.25. The molecule has 1 aromatic carbocycles. The second kappa shape index (κ2) is 11.7. The Morgan fingerprint density at radius 3 is 2.55 bits per heavy atom. The zero-order chi connectivity index (χ0) is 21.6. The van der Waals surface area contributed by atoms with Crippen molar-refractivity contribution >= 4 is 39.8 Å². The average Bonchev–Trinajstić information content (AvgIpc) is 3.21. The van der Waals surface area contributed by atoms with Gasteiger partial charge in [0.15, 0.2) is 15.8 Å².